The van der Waals surface area contributed by atoms with Gasteiger partial charge in [0.25, 0.3) is 0 Å². The molecule has 2 aromatic carbocycles. The second-order valence-corrected chi connectivity index (χ2v) is 6.64. The number of fused-ring (bicyclic) bond motifs is 1. The van der Waals surface area contributed by atoms with E-state index in [-0.39, 0.29) is 5.56 Å². The third kappa shape index (κ3) is 3.27. The van der Waals surface area contributed by atoms with Crippen molar-refractivity contribution in [2.24, 2.45) is 0 Å². The number of nitrogens with one attached hydrogen (secondary N) is 1. The first-order valence-corrected chi connectivity index (χ1v) is 7.94. The number of thioether (sulfide) groups is 1. The minimum atomic E-state index is -0.845. The molecule has 0 aliphatic heterocycles. The number of hydrogen-bond acceptors (Lipinski definition) is 3. The number of aryl methyl sites for hydroxylation is 1. The van der Waals surface area contributed by atoms with Crippen LogP contribution < -0.4 is 0 Å². The fourth-order valence-corrected chi connectivity index (χ4v) is 3.17. The van der Waals surface area contributed by atoms with Crippen molar-refractivity contribution in [2.75, 3.05) is 0 Å². The topological polar surface area (TPSA) is 45.8 Å². The number of nitrogens with zero attached hydrogens (tertiary/aromatic N) is 1. The summed E-state index contributed by atoms with van der Waals surface area (Å²) in [6.07, 6.45) is 0. The molecule has 0 saturated heterocycles. The molecule has 1 atom stereocenters. The molecule has 3 aromatic rings. The van der Waals surface area contributed by atoms with E-state index in [1.54, 1.807) is 6.92 Å². The Hall–Kier alpha value is -2.21. The molecule has 3 nitrogen and oxygen atoms in total. The molecule has 0 bridgehead atoms. The highest BCUT2D eigenvalue weighted by Gasteiger charge is 2.21. The summed E-state index contributed by atoms with van der Waals surface area (Å²) >= 11 is 1.21. The van der Waals surface area contributed by atoms with E-state index in [9.17, 15) is 13.6 Å². The fourth-order valence-electron chi connectivity index (χ4n) is 2.29. The van der Waals surface area contributed by atoms with Crippen LogP contribution in [0.2, 0.25) is 0 Å². The van der Waals surface area contributed by atoms with E-state index in [4.69, 9.17) is 0 Å². The second kappa shape index (κ2) is 6.12. The van der Waals surface area contributed by atoms with Gasteiger partial charge in [0.2, 0.25) is 0 Å². The van der Waals surface area contributed by atoms with Gasteiger partial charge in [0.05, 0.1) is 21.8 Å². The summed E-state index contributed by atoms with van der Waals surface area (Å²) in [5.74, 6) is -1.95. The number of hydrogen-bond donors (Lipinski definition) is 1. The number of Topliss-reactive ketones (excluding diaryl/α,β-unsaturated/α-hetero) is 1. The van der Waals surface area contributed by atoms with Gasteiger partial charge in [0.1, 0.15) is 11.6 Å². The number of halogens is 2. The second-order valence-electron chi connectivity index (χ2n) is 5.31. The van der Waals surface area contributed by atoms with Crippen molar-refractivity contribution < 1.29 is 13.6 Å². The van der Waals surface area contributed by atoms with Gasteiger partial charge in [0, 0.05) is 6.07 Å². The molecule has 0 saturated carbocycles. The number of rotatable bonds is 4. The first kappa shape index (κ1) is 15.7. The molecule has 3 rings (SSSR count). The lowest BCUT2D eigenvalue weighted by molar-refractivity contribution is 0.0990. The first-order valence-electron chi connectivity index (χ1n) is 7.06. The van der Waals surface area contributed by atoms with Crippen molar-refractivity contribution in [1.82, 2.24) is 9.97 Å². The molecule has 1 unspecified atom stereocenters. The van der Waals surface area contributed by atoms with Gasteiger partial charge in [-0.2, -0.15) is 0 Å². The quantitative estimate of drug-likeness (QED) is 0.565. The van der Waals surface area contributed by atoms with E-state index in [0.717, 1.165) is 22.7 Å². The molecule has 0 radical (unpaired) electrons. The molecule has 0 aliphatic carbocycles. The molecule has 1 aromatic heterocycles. The molecule has 23 heavy (non-hydrogen) atoms. The van der Waals surface area contributed by atoms with Gasteiger partial charge in [0.15, 0.2) is 10.9 Å². The van der Waals surface area contributed by atoms with Crippen molar-refractivity contribution in [3.05, 3.63) is 59.2 Å². The number of aromatic amines is 1. The predicted octanol–water partition coefficient (Wildman–Crippen LogP) is 4.51. The van der Waals surface area contributed by atoms with Crippen LogP contribution in [-0.4, -0.2) is 21.0 Å². The van der Waals surface area contributed by atoms with Crippen LogP contribution in [0.15, 0.2) is 41.6 Å². The van der Waals surface area contributed by atoms with Crippen molar-refractivity contribution in [1.29, 1.82) is 0 Å². The monoisotopic (exact) mass is 332 g/mol. The Kier molecular flexibility index (Phi) is 4.17. The molecule has 0 fully saturated rings. The maximum absolute atomic E-state index is 13.7. The van der Waals surface area contributed by atoms with Crippen molar-refractivity contribution in [3.8, 4) is 0 Å². The summed E-state index contributed by atoms with van der Waals surface area (Å²) in [4.78, 5) is 19.9. The summed E-state index contributed by atoms with van der Waals surface area (Å²) in [6, 6.07) is 8.80. The van der Waals surface area contributed by atoms with E-state index in [1.165, 1.54) is 17.8 Å². The molecule has 0 spiro atoms. The predicted molar refractivity (Wildman–Crippen MR) is 86.8 cm³/mol. The summed E-state index contributed by atoms with van der Waals surface area (Å²) in [7, 11) is 0. The maximum Gasteiger partial charge on any atom is 0.178 e. The summed E-state index contributed by atoms with van der Waals surface area (Å²) < 4.78 is 26.7. The van der Waals surface area contributed by atoms with Crippen LogP contribution >= 0.6 is 11.8 Å². The van der Waals surface area contributed by atoms with Gasteiger partial charge in [-0.05, 0) is 43.7 Å². The van der Waals surface area contributed by atoms with Gasteiger partial charge < -0.3 is 4.98 Å². The van der Waals surface area contributed by atoms with Crippen LogP contribution in [0.5, 0.6) is 0 Å². The molecular weight excluding hydrogens is 318 g/mol. The summed E-state index contributed by atoms with van der Waals surface area (Å²) in [5, 5.41) is 0.0468. The highest BCUT2D eigenvalue weighted by Crippen LogP contribution is 2.26. The molecule has 1 heterocycles. The Labute approximate surface area is 136 Å². The summed E-state index contributed by atoms with van der Waals surface area (Å²) in [6.45, 7) is 3.66. The van der Waals surface area contributed by atoms with E-state index in [2.05, 4.69) is 9.97 Å². The van der Waals surface area contributed by atoms with Crippen LogP contribution in [0.25, 0.3) is 11.0 Å². The lowest BCUT2D eigenvalue weighted by Gasteiger charge is -2.09. The van der Waals surface area contributed by atoms with Gasteiger partial charge >= 0.3 is 0 Å². The Morgan fingerprint density at radius 2 is 2.00 bits per heavy atom. The number of ketones is 1. The van der Waals surface area contributed by atoms with Gasteiger partial charge in [-0.3, -0.25) is 4.79 Å². The maximum atomic E-state index is 13.7. The number of imidazole rings is 1. The van der Waals surface area contributed by atoms with Gasteiger partial charge in [-0.25, -0.2) is 13.8 Å². The third-order valence-electron chi connectivity index (χ3n) is 3.47. The lowest BCUT2D eigenvalue weighted by Crippen LogP contribution is -2.15. The molecule has 118 valence electrons. The van der Waals surface area contributed by atoms with Crippen LogP contribution in [0.1, 0.15) is 22.8 Å². The van der Waals surface area contributed by atoms with Gasteiger partial charge in [-0.15, -0.1) is 0 Å². The fraction of sp³-hybridized carbons (Fsp3) is 0.176. The minimum absolute atomic E-state index is 0.113. The average molecular weight is 332 g/mol. The van der Waals surface area contributed by atoms with Gasteiger partial charge in [-0.1, -0.05) is 17.8 Å². The minimum Gasteiger partial charge on any atom is -0.333 e. The molecule has 0 aliphatic rings. The Morgan fingerprint density at radius 1 is 1.22 bits per heavy atom. The van der Waals surface area contributed by atoms with Crippen LogP contribution in [0.4, 0.5) is 8.78 Å². The smallest absolute Gasteiger partial charge is 0.178 e. The lowest BCUT2D eigenvalue weighted by atomic mass is 10.1. The Bertz CT molecular complexity index is 891. The van der Waals surface area contributed by atoms with Crippen molar-refractivity contribution in [2.45, 2.75) is 24.3 Å². The third-order valence-corrected chi connectivity index (χ3v) is 4.45. The van der Waals surface area contributed by atoms with Crippen LogP contribution in [0, 0.1) is 18.6 Å². The summed E-state index contributed by atoms with van der Waals surface area (Å²) in [5.41, 5.74) is 2.69. The SMILES string of the molecule is Cc1ccc2nc(SC(C)C(=O)c3ccc(F)cc3F)[nH]c2c1. The van der Waals surface area contributed by atoms with Crippen molar-refractivity contribution in [3.63, 3.8) is 0 Å². The van der Waals surface area contributed by atoms with Crippen LogP contribution in [-0.2, 0) is 0 Å². The highest BCUT2D eigenvalue weighted by molar-refractivity contribution is 8.00. The van der Waals surface area contributed by atoms with E-state index >= 15 is 0 Å². The van der Waals surface area contributed by atoms with E-state index in [1.807, 2.05) is 25.1 Å². The standard InChI is InChI=1S/C17H14F2N2OS/c1-9-3-6-14-15(7-9)21-17(20-14)23-10(2)16(22)12-5-4-11(18)8-13(12)19/h3-8,10H,1-2H3,(H,20,21). The zero-order valence-electron chi connectivity index (χ0n) is 12.6. The number of H-pyrrole nitrogens is 1. The molecule has 0 amide bonds. The number of benzene rings is 2. The average Bonchev–Trinajstić information content (AvgIpc) is 2.87. The zero-order valence-corrected chi connectivity index (χ0v) is 13.4. The van der Waals surface area contributed by atoms with E-state index in [0.29, 0.717) is 11.2 Å². The number of carbonyl (C=O) groups excluding carboxylic acids is 1. The molecule has 1 N–H and O–H groups in total. The first-order chi connectivity index (χ1) is 10.9. The largest absolute Gasteiger partial charge is 0.333 e. The Morgan fingerprint density at radius 3 is 2.74 bits per heavy atom. The number of carbonyl (C=O) groups is 1. The Balaban J connectivity index is 1.81. The van der Waals surface area contributed by atoms with E-state index < -0.39 is 22.7 Å². The highest BCUT2D eigenvalue weighted by atomic mass is 32.2. The van der Waals surface area contributed by atoms with Crippen molar-refractivity contribution >= 4 is 28.6 Å². The van der Waals surface area contributed by atoms with Crippen LogP contribution in [0.3, 0.4) is 0 Å². The molecular formula is C17H14F2N2OS. The normalized spacial score (nSPS) is 12.5. The molecule has 6 heteroatoms. The zero-order chi connectivity index (χ0) is 16.6. The number of aromatic nitrogens is 2.